The first-order valence-corrected chi connectivity index (χ1v) is 8.96. The van der Waals surface area contributed by atoms with E-state index in [0.29, 0.717) is 0 Å². The second-order valence-corrected chi connectivity index (χ2v) is 6.44. The first kappa shape index (κ1) is 22.7. The third kappa shape index (κ3) is 9.55. The molecular formula is C18H37IN4. The van der Waals surface area contributed by atoms with Crippen molar-refractivity contribution in [3.8, 4) is 0 Å². The Hall–Kier alpha value is -0.300. The molecule has 1 fully saturated rings. The van der Waals surface area contributed by atoms with Crippen molar-refractivity contribution in [1.82, 2.24) is 15.1 Å². The van der Waals surface area contributed by atoms with Crippen LogP contribution in [-0.2, 0) is 0 Å². The summed E-state index contributed by atoms with van der Waals surface area (Å²) >= 11 is 0. The van der Waals surface area contributed by atoms with Crippen molar-refractivity contribution in [3.63, 3.8) is 0 Å². The number of rotatable bonds is 10. The predicted molar refractivity (Wildman–Crippen MR) is 113 cm³/mol. The van der Waals surface area contributed by atoms with Gasteiger partial charge in [0, 0.05) is 33.7 Å². The molecule has 1 aliphatic heterocycles. The Morgan fingerprint density at radius 2 is 2.17 bits per heavy atom. The molecule has 0 radical (unpaired) electrons. The number of hydrogen-bond acceptors (Lipinski definition) is 2. The maximum absolute atomic E-state index is 4.42. The van der Waals surface area contributed by atoms with E-state index in [1.807, 2.05) is 13.1 Å². The van der Waals surface area contributed by atoms with Crippen LogP contribution in [0.3, 0.4) is 0 Å². The number of halogens is 1. The number of unbranched alkanes of at least 4 members (excludes halogenated alkanes) is 3. The second-order valence-electron chi connectivity index (χ2n) is 6.44. The van der Waals surface area contributed by atoms with E-state index in [4.69, 9.17) is 0 Å². The van der Waals surface area contributed by atoms with E-state index in [-0.39, 0.29) is 24.0 Å². The lowest BCUT2D eigenvalue weighted by molar-refractivity contribution is 0.324. The molecule has 0 aromatic heterocycles. The Morgan fingerprint density at radius 3 is 2.83 bits per heavy atom. The highest BCUT2D eigenvalue weighted by atomic mass is 127. The van der Waals surface area contributed by atoms with E-state index < -0.39 is 0 Å². The number of hydrogen-bond donors (Lipinski definition) is 1. The van der Waals surface area contributed by atoms with Crippen molar-refractivity contribution in [1.29, 1.82) is 0 Å². The molecule has 1 unspecified atom stereocenters. The zero-order valence-electron chi connectivity index (χ0n) is 15.4. The number of aliphatic imine (C=N–C) groups is 1. The zero-order chi connectivity index (χ0) is 16.2. The molecule has 4 nitrogen and oxygen atoms in total. The summed E-state index contributed by atoms with van der Waals surface area (Å²) in [4.78, 5) is 9.26. The fraction of sp³-hybridized carbons (Fsp3) is 0.833. The monoisotopic (exact) mass is 436 g/mol. The van der Waals surface area contributed by atoms with Crippen molar-refractivity contribution < 1.29 is 0 Å². The molecule has 1 aliphatic rings. The summed E-state index contributed by atoms with van der Waals surface area (Å²) in [5, 5.41) is 3.56. The molecule has 1 atom stereocenters. The molecule has 5 heteroatoms. The standard InChI is InChI=1S/C18H36N4.HI/c1-5-7-8-9-10-13-21(4)18(19-3)20-15-17-11-14-22(16-17)12-6-2;/h5,17H,1,6-16H2,2-4H3,(H,19,20);1H. The molecule has 0 aromatic carbocycles. The molecule has 1 N–H and O–H groups in total. The number of guanidine groups is 1. The molecule has 0 amide bonds. The van der Waals surface area contributed by atoms with Gasteiger partial charge in [0.25, 0.3) is 0 Å². The number of nitrogens with zero attached hydrogens (tertiary/aromatic N) is 3. The van der Waals surface area contributed by atoms with E-state index in [0.717, 1.165) is 31.4 Å². The first-order valence-electron chi connectivity index (χ1n) is 8.96. The normalized spacial score (nSPS) is 18.6. The predicted octanol–water partition coefficient (Wildman–Crippen LogP) is 3.59. The van der Waals surface area contributed by atoms with Crippen molar-refractivity contribution in [2.45, 2.75) is 45.4 Å². The average Bonchev–Trinajstić information content (AvgIpc) is 2.96. The van der Waals surface area contributed by atoms with Gasteiger partial charge in [-0.15, -0.1) is 30.6 Å². The van der Waals surface area contributed by atoms with Gasteiger partial charge >= 0.3 is 0 Å². The van der Waals surface area contributed by atoms with Gasteiger partial charge in [-0.3, -0.25) is 4.99 Å². The molecule has 0 aliphatic carbocycles. The Balaban J connectivity index is 0.00000484. The van der Waals surface area contributed by atoms with Crippen LogP contribution in [0.1, 0.15) is 45.4 Å². The molecule has 0 aromatic rings. The van der Waals surface area contributed by atoms with Crippen LogP contribution < -0.4 is 5.32 Å². The Kier molecular flexibility index (Phi) is 13.9. The van der Waals surface area contributed by atoms with Crippen LogP contribution in [0.15, 0.2) is 17.6 Å². The minimum atomic E-state index is 0. The largest absolute Gasteiger partial charge is 0.356 e. The highest BCUT2D eigenvalue weighted by molar-refractivity contribution is 14.0. The zero-order valence-corrected chi connectivity index (χ0v) is 17.7. The number of allylic oxidation sites excluding steroid dienone is 1. The highest BCUT2D eigenvalue weighted by Gasteiger charge is 2.21. The summed E-state index contributed by atoms with van der Waals surface area (Å²) in [6.07, 6.45) is 9.45. The van der Waals surface area contributed by atoms with Gasteiger partial charge in [-0.25, -0.2) is 0 Å². The maximum Gasteiger partial charge on any atom is 0.193 e. The molecular weight excluding hydrogens is 399 g/mol. The van der Waals surface area contributed by atoms with Gasteiger partial charge in [-0.05, 0) is 51.1 Å². The van der Waals surface area contributed by atoms with Crippen LogP contribution in [0.2, 0.25) is 0 Å². The van der Waals surface area contributed by atoms with Gasteiger partial charge in [-0.2, -0.15) is 0 Å². The first-order chi connectivity index (χ1) is 10.7. The molecule has 0 saturated carbocycles. The Bertz CT molecular complexity index is 333. The minimum Gasteiger partial charge on any atom is -0.356 e. The quantitative estimate of drug-likeness (QED) is 0.187. The van der Waals surface area contributed by atoms with Crippen molar-refractivity contribution >= 4 is 29.9 Å². The Morgan fingerprint density at radius 1 is 1.39 bits per heavy atom. The van der Waals surface area contributed by atoms with Gasteiger partial charge in [0.1, 0.15) is 0 Å². The summed E-state index contributed by atoms with van der Waals surface area (Å²) in [5.74, 6) is 1.81. The van der Waals surface area contributed by atoms with Gasteiger partial charge in [0.2, 0.25) is 0 Å². The van der Waals surface area contributed by atoms with E-state index in [1.165, 1.54) is 51.7 Å². The summed E-state index contributed by atoms with van der Waals surface area (Å²) in [5.41, 5.74) is 0. The summed E-state index contributed by atoms with van der Waals surface area (Å²) < 4.78 is 0. The molecule has 0 bridgehead atoms. The summed E-state index contributed by atoms with van der Waals surface area (Å²) in [6.45, 7) is 11.9. The lowest BCUT2D eigenvalue weighted by atomic mass is 10.1. The second kappa shape index (κ2) is 14.1. The third-order valence-corrected chi connectivity index (χ3v) is 4.43. The van der Waals surface area contributed by atoms with Gasteiger partial charge in [-0.1, -0.05) is 19.4 Å². The maximum atomic E-state index is 4.42. The molecule has 0 spiro atoms. The van der Waals surface area contributed by atoms with Gasteiger partial charge in [0.15, 0.2) is 5.96 Å². The summed E-state index contributed by atoms with van der Waals surface area (Å²) in [7, 11) is 4.02. The third-order valence-electron chi connectivity index (χ3n) is 4.43. The van der Waals surface area contributed by atoms with Crippen LogP contribution in [0.25, 0.3) is 0 Å². The van der Waals surface area contributed by atoms with Crippen LogP contribution in [0, 0.1) is 5.92 Å². The van der Waals surface area contributed by atoms with Crippen LogP contribution in [0.4, 0.5) is 0 Å². The minimum absolute atomic E-state index is 0. The lowest BCUT2D eigenvalue weighted by Crippen LogP contribution is -2.41. The van der Waals surface area contributed by atoms with E-state index in [2.05, 4.69) is 40.7 Å². The van der Waals surface area contributed by atoms with E-state index in [1.54, 1.807) is 0 Å². The molecule has 1 heterocycles. The van der Waals surface area contributed by atoms with Crippen LogP contribution in [-0.4, -0.2) is 62.6 Å². The van der Waals surface area contributed by atoms with Crippen molar-refractivity contribution in [2.24, 2.45) is 10.9 Å². The van der Waals surface area contributed by atoms with Crippen molar-refractivity contribution in [3.05, 3.63) is 12.7 Å². The van der Waals surface area contributed by atoms with Gasteiger partial charge < -0.3 is 15.1 Å². The lowest BCUT2D eigenvalue weighted by Gasteiger charge is -2.23. The molecule has 136 valence electrons. The van der Waals surface area contributed by atoms with Gasteiger partial charge in [0.05, 0.1) is 0 Å². The SMILES string of the molecule is C=CCCCCCN(C)C(=NC)NCC1CCN(CCC)C1.I. The molecule has 23 heavy (non-hydrogen) atoms. The summed E-state index contributed by atoms with van der Waals surface area (Å²) in [6, 6.07) is 0. The Labute approximate surface area is 160 Å². The highest BCUT2D eigenvalue weighted by Crippen LogP contribution is 2.15. The smallest absolute Gasteiger partial charge is 0.193 e. The topological polar surface area (TPSA) is 30.9 Å². The molecule has 1 saturated heterocycles. The van der Waals surface area contributed by atoms with E-state index >= 15 is 0 Å². The number of nitrogens with one attached hydrogen (secondary N) is 1. The van der Waals surface area contributed by atoms with Crippen LogP contribution in [0.5, 0.6) is 0 Å². The van der Waals surface area contributed by atoms with Crippen LogP contribution >= 0.6 is 24.0 Å². The average molecular weight is 436 g/mol. The van der Waals surface area contributed by atoms with Crippen molar-refractivity contribution in [2.75, 3.05) is 46.8 Å². The number of likely N-dealkylation sites (tertiary alicyclic amines) is 1. The fourth-order valence-electron chi connectivity index (χ4n) is 3.14. The molecule has 1 rings (SSSR count). The van der Waals surface area contributed by atoms with E-state index in [9.17, 15) is 0 Å². The fourth-order valence-corrected chi connectivity index (χ4v) is 3.14.